The summed E-state index contributed by atoms with van der Waals surface area (Å²) in [6, 6.07) is 12.5. The number of nitrogens with one attached hydrogen (secondary N) is 2. The zero-order valence-corrected chi connectivity index (χ0v) is 28.1. The lowest BCUT2D eigenvalue weighted by molar-refractivity contribution is -0.134. The van der Waals surface area contributed by atoms with Gasteiger partial charge in [-0.25, -0.2) is 15.0 Å². The van der Waals surface area contributed by atoms with E-state index in [0.29, 0.717) is 30.5 Å². The van der Waals surface area contributed by atoms with Gasteiger partial charge in [0.15, 0.2) is 11.5 Å². The maximum Gasteiger partial charge on any atom is 0.271 e. The van der Waals surface area contributed by atoms with Crippen LogP contribution in [0, 0.1) is 5.92 Å². The third-order valence-electron chi connectivity index (χ3n) is 10.8. The second kappa shape index (κ2) is 14.9. The molecule has 3 aromatic rings. The molecule has 0 radical (unpaired) electrons. The van der Waals surface area contributed by atoms with Gasteiger partial charge in [0, 0.05) is 51.0 Å². The van der Waals surface area contributed by atoms with Crippen LogP contribution in [0.5, 0.6) is 0 Å². The van der Waals surface area contributed by atoms with Gasteiger partial charge in [-0.1, -0.05) is 18.2 Å². The van der Waals surface area contributed by atoms with E-state index < -0.39 is 5.91 Å². The Kier molecular flexibility index (Phi) is 10.0. The molecule has 0 unspecified atom stereocenters. The number of amides is 3. The maximum atomic E-state index is 12.2. The summed E-state index contributed by atoms with van der Waals surface area (Å²) < 4.78 is 0. The third kappa shape index (κ3) is 7.85. The van der Waals surface area contributed by atoms with Gasteiger partial charge in [0.25, 0.3) is 5.91 Å². The molecule has 4 N–H and O–H groups in total. The average Bonchev–Trinajstić information content (AvgIpc) is 3.13. The Morgan fingerprint density at radius 2 is 1.51 bits per heavy atom. The van der Waals surface area contributed by atoms with Crippen molar-refractivity contribution >= 4 is 40.9 Å². The zero-order chi connectivity index (χ0) is 33.7. The number of rotatable bonds is 9. The molecule has 1 atom stereocenters. The molecular weight excluding hydrogens is 618 g/mol. The van der Waals surface area contributed by atoms with Gasteiger partial charge < -0.3 is 25.8 Å². The van der Waals surface area contributed by atoms with E-state index in [9.17, 15) is 14.4 Å². The van der Waals surface area contributed by atoms with Crippen molar-refractivity contribution in [2.45, 2.75) is 69.6 Å². The largest absolute Gasteiger partial charge is 0.364 e. The number of benzene rings is 1. The first-order valence-electron chi connectivity index (χ1n) is 18.0. The van der Waals surface area contributed by atoms with Gasteiger partial charge in [-0.2, -0.15) is 0 Å². The Hall–Kier alpha value is -4.58. The summed E-state index contributed by atoms with van der Waals surface area (Å²) in [7, 11) is 0. The van der Waals surface area contributed by atoms with Gasteiger partial charge in [0.1, 0.15) is 11.6 Å². The first kappa shape index (κ1) is 32.9. The van der Waals surface area contributed by atoms with Crippen LogP contribution >= 0.6 is 0 Å². The first-order valence-corrected chi connectivity index (χ1v) is 18.0. The summed E-state index contributed by atoms with van der Waals surface area (Å²) in [4.78, 5) is 56.8. The Bertz CT molecular complexity index is 1630. The van der Waals surface area contributed by atoms with E-state index in [1.54, 1.807) is 12.4 Å². The SMILES string of the molecule is NC(=O)c1ncc(N2CCCCC2)nc1Nc1ccc(C2CCN(CC3CCN(c4ccc([C@H]5CCC(=O)NC5=O)cn4)CC3)CC2)cc1. The Labute approximate surface area is 287 Å². The molecule has 0 aliphatic carbocycles. The predicted octanol–water partition coefficient (Wildman–Crippen LogP) is 4.32. The van der Waals surface area contributed by atoms with Crippen LogP contribution in [0.3, 0.4) is 0 Å². The Balaban J connectivity index is 0.868. The van der Waals surface area contributed by atoms with E-state index in [2.05, 4.69) is 59.6 Å². The summed E-state index contributed by atoms with van der Waals surface area (Å²) in [5.74, 6) is 2.06. The third-order valence-corrected chi connectivity index (χ3v) is 10.8. The molecule has 0 spiro atoms. The van der Waals surface area contributed by atoms with Gasteiger partial charge in [0.05, 0.1) is 12.1 Å². The molecule has 258 valence electrons. The van der Waals surface area contributed by atoms with Crippen LogP contribution in [-0.4, -0.2) is 83.4 Å². The molecule has 4 aliphatic rings. The molecular formula is C37H47N9O3. The van der Waals surface area contributed by atoms with Crippen molar-refractivity contribution in [1.82, 2.24) is 25.2 Å². The lowest BCUT2D eigenvalue weighted by Gasteiger charge is -2.38. The molecule has 4 saturated heterocycles. The number of primary amides is 1. The van der Waals surface area contributed by atoms with Crippen molar-refractivity contribution in [2.75, 3.05) is 60.9 Å². The predicted molar refractivity (Wildman–Crippen MR) is 189 cm³/mol. The fourth-order valence-corrected chi connectivity index (χ4v) is 7.86. The molecule has 12 heteroatoms. The van der Waals surface area contributed by atoms with Crippen molar-refractivity contribution in [3.8, 4) is 0 Å². The molecule has 1 aromatic carbocycles. The Morgan fingerprint density at radius 3 is 2.18 bits per heavy atom. The molecule has 3 amide bonds. The number of hydrogen-bond acceptors (Lipinski definition) is 10. The van der Waals surface area contributed by atoms with Crippen LogP contribution in [0.15, 0.2) is 48.8 Å². The fraction of sp³-hybridized carbons (Fsp3) is 0.514. The second-order valence-corrected chi connectivity index (χ2v) is 14.0. The van der Waals surface area contributed by atoms with Gasteiger partial charge in [-0.15, -0.1) is 0 Å². The number of aromatic nitrogens is 3. The maximum absolute atomic E-state index is 12.2. The summed E-state index contributed by atoms with van der Waals surface area (Å²) in [6.45, 7) is 7.22. The number of pyridine rings is 1. The van der Waals surface area contributed by atoms with E-state index in [1.165, 1.54) is 12.0 Å². The molecule has 49 heavy (non-hydrogen) atoms. The lowest BCUT2D eigenvalue weighted by atomic mass is 9.88. The molecule has 2 aromatic heterocycles. The second-order valence-electron chi connectivity index (χ2n) is 14.0. The topological polar surface area (TPSA) is 150 Å². The molecule has 6 heterocycles. The van der Waals surface area contributed by atoms with Crippen LogP contribution in [-0.2, 0) is 9.59 Å². The highest BCUT2D eigenvalue weighted by molar-refractivity contribution is 6.01. The van der Waals surface area contributed by atoms with Crippen LogP contribution in [0.25, 0.3) is 0 Å². The molecule has 12 nitrogen and oxygen atoms in total. The number of likely N-dealkylation sites (tertiary alicyclic amines) is 1. The van der Waals surface area contributed by atoms with E-state index >= 15 is 0 Å². The number of hydrogen-bond donors (Lipinski definition) is 3. The summed E-state index contributed by atoms with van der Waals surface area (Å²) >= 11 is 0. The minimum atomic E-state index is -0.593. The Morgan fingerprint density at radius 1 is 0.796 bits per heavy atom. The summed E-state index contributed by atoms with van der Waals surface area (Å²) in [5, 5.41) is 5.75. The van der Waals surface area contributed by atoms with Crippen molar-refractivity contribution in [3.63, 3.8) is 0 Å². The number of piperidine rings is 4. The van der Waals surface area contributed by atoms with Crippen molar-refractivity contribution < 1.29 is 14.4 Å². The van der Waals surface area contributed by atoms with E-state index in [0.717, 1.165) is 107 Å². The zero-order valence-electron chi connectivity index (χ0n) is 28.1. The molecule has 4 aliphatic heterocycles. The van der Waals surface area contributed by atoms with E-state index in [1.807, 2.05) is 12.1 Å². The van der Waals surface area contributed by atoms with E-state index in [-0.39, 0.29) is 23.4 Å². The lowest BCUT2D eigenvalue weighted by Crippen LogP contribution is -2.41. The number of nitrogens with zero attached hydrogens (tertiary/aromatic N) is 6. The summed E-state index contributed by atoms with van der Waals surface area (Å²) in [5.41, 5.74) is 8.87. The van der Waals surface area contributed by atoms with Crippen molar-refractivity contribution in [3.05, 3.63) is 65.6 Å². The van der Waals surface area contributed by atoms with Gasteiger partial charge in [-0.3, -0.25) is 19.7 Å². The normalized spacial score (nSPS) is 21.4. The van der Waals surface area contributed by atoms with Crippen LogP contribution in [0.4, 0.5) is 23.1 Å². The number of anilines is 4. The average molecular weight is 666 g/mol. The first-order chi connectivity index (χ1) is 23.9. The number of carbonyl (C=O) groups excluding carboxylic acids is 3. The van der Waals surface area contributed by atoms with Gasteiger partial charge in [-0.05, 0) is 106 Å². The van der Waals surface area contributed by atoms with Crippen LogP contribution in [0.1, 0.15) is 91.2 Å². The standard InChI is InChI=1S/C37H47N9O3/c38-35(48)34-36(42-32(23-40-34)45-16-2-1-3-17-45)41-29-7-4-26(5-8-29)27-14-18-44(19-15-27)24-25-12-20-46(21-13-25)31-10-6-28(22-39-31)30-9-11-33(47)43-37(30)49/h4-8,10,22-23,25,27,30H,1-3,9,11-21,24H2,(H2,38,48)(H,41,42)(H,43,47,49)/t30-/m1/s1. The summed E-state index contributed by atoms with van der Waals surface area (Å²) in [6.07, 6.45) is 12.5. The smallest absolute Gasteiger partial charge is 0.271 e. The van der Waals surface area contributed by atoms with Gasteiger partial charge >= 0.3 is 0 Å². The number of carbonyl (C=O) groups is 3. The quantitative estimate of drug-likeness (QED) is 0.282. The minimum Gasteiger partial charge on any atom is -0.364 e. The van der Waals surface area contributed by atoms with Crippen molar-refractivity contribution in [2.24, 2.45) is 11.7 Å². The number of imide groups is 1. The highest BCUT2D eigenvalue weighted by Gasteiger charge is 2.29. The van der Waals surface area contributed by atoms with Crippen LogP contribution < -0.4 is 26.2 Å². The van der Waals surface area contributed by atoms with Gasteiger partial charge in [0.2, 0.25) is 11.8 Å². The highest BCUT2D eigenvalue weighted by atomic mass is 16.2. The minimum absolute atomic E-state index is 0.153. The monoisotopic (exact) mass is 665 g/mol. The fourth-order valence-electron chi connectivity index (χ4n) is 7.86. The highest BCUT2D eigenvalue weighted by Crippen LogP contribution is 2.32. The molecule has 0 saturated carbocycles. The van der Waals surface area contributed by atoms with Crippen molar-refractivity contribution in [1.29, 1.82) is 0 Å². The van der Waals surface area contributed by atoms with Crippen LogP contribution in [0.2, 0.25) is 0 Å². The van der Waals surface area contributed by atoms with E-state index in [4.69, 9.17) is 10.7 Å². The molecule has 4 fully saturated rings. The molecule has 7 rings (SSSR count). The molecule has 0 bridgehead atoms. The number of nitrogens with two attached hydrogens (primary N) is 1.